The molecule has 1 aliphatic carbocycles. The van der Waals surface area contributed by atoms with Crippen molar-refractivity contribution in [3.63, 3.8) is 0 Å². The highest BCUT2D eigenvalue weighted by Gasteiger charge is 2.51. The molecule has 3 aliphatic rings. The average molecular weight is 545 g/mol. The van der Waals surface area contributed by atoms with Crippen LogP contribution in [-0.4, -0.2) is 59.3 Å². The summed E-state index contributed by atoms with van der Waals surface area (Å²) in [4.78, 5) is 30.4. The minimum absolute atomic E-state index is 0.0114. The number of pyridine rings is 4. The van der Waals surface area contributed by atoms with Crippen LogP contribution in [0.1, 0.15) is 35.3 Å². The molecule has 6 heterocycles. The molecule has 3 fully saturated rings. The lowest BCUT2D eigenvalue weighted by atomic mass is 9.73. The van der Waals surface area contributed by atoms with Gasteiger partial charge in [-0.1, -0.05) is 6.07 Å². The number of carbonyl (C=O) groups excluding carboxylic acids is 1. The normalized spacial score (nSPS) is 20.0. The fraction of sp³-hybridized carbons (Fsp3) is 0.321. The summed E-state index contributed by atoms with van der Waals surface area (Å²) in [5.74, 6) is 1.11. The standard InChI is InChI=1S/C28H28N6O4S/c1-39(36,37)22-9-20(13-29-16-22)27(35)32-15-21-10-25-19(14-31-21)5-6-24(33-25)23-3-2-4-26(34-23)30-8-7-28-11-18(12-28)17-38-28/h2-6,9-10,13-14,16,18H,7-8,11-12,15,17H2,1H3,(H,30,34)(H,32,35). The van der Waals surface area contributed by atoms with E-state index in [1.807, 2.05) is 36.4 Å². The molecule has 2 N–H and O–H groups in total. The Hall–Kier alpha value is -3.96. The van der Waals surface area contributed by atoms with Crippen LogP contribution >= 0.6 is 0 Å². The lowest BCUT2D eigenvalue weighted by molar-refractivity contribution is -0.00269. The molecule has 2 saturated heterocycles. The maximum absolute atomic E-state index is 12.6. The van der Waals surface area contributed by atoms with Crippen LogP contribution in [0.4, 0.5) is 5.82 Å². The van der Waals surface area contributed by atoms with Crippen molar-refractivity contribution in [2.24, 2.45) is 5.92 Å². The molecule has 11 heteroatoms. The summed E-state index contributed by atoms with van der Waals surface area (Å²) in [6, 6.07) is 12.8. The first kappa shape index (κ1) is 25.3. The van der Waals surface area contributed by atoms with E-state index in [-0.39, 0.29) is 22.6 Å². The fourth-order valence-corrected chi connectivity index (χ4v) is 5.80. The summed E-state index contributed by atoms with van der Waals surface area (Å²) in [5.41, 5.74) is 3.07. The molecule has 0 unspecified atom stereocenters. The third-order valence-corrected chi connectivity index (χ3v) is 8.39. The summed E-state index contributed by atoms with van der Waals surface area (Å²) in [7, 11) is -3.47. The van der Waals surface area contributed by atoms with Gasteiger partial charge in [-0.15, -0.1) is 0 Å². The summed E-state index contributed by atoms with van der Waals surface area (Å²) < 4.78 is 29.5. The molecular formula is C28H28N6O4S. The monoisotopic (exact) mass is 544 g/mol. The third-order valence-electron chi connectivity index (χ3n) is 7.31. The highest BCUT2D eigenvalue weighted by atomic mass is 32.2. The highest BCUT2D eigenvalue weighted by Crippen LogP contribution is 2.50. The van der Waals surface area contributed by atoms with E-state index in [2.05, 4.69) is 20.6 Å². The lowest BCUT2D eigenvalue weighted by Gasteiger charge is -2.36. The van der Waals surface area contributed by atoms with Gasteiger partial charge in [0.15, 0.2) is 9.84 Å². The predicted molar refractivity (Wildman–Crippen MR) is 146 cm³/mol. The summed E-state index contributed by atoms with van der Waals surface area (Å²) in [6.07, 6.45) is 8.66. The van der Waals surface area contributed by atoms with Gasteiger partial charge in [0.05, 0.1) is 51.8 Å². The predicted octanol–water partition coefficient (Wildman–Crippen LogP) is 3.40. The number of anilines is 1. The van der Waals surface area contributed by atoms with Gasteiger partial charge in [0.25, 0.3) is 5.91 Å². The van der Waals surface area contributed by atoms with Gasteiger partial charge in [0.1, 0.15) is 5.82 Å². The van der Waals surface area contributed by atoms with E-state index in [0.717, 1.165) is 59.9 Å². The summed E-state index contributed by atoms with van der Waals surface area (Å²) in [5, 5.41) is 7.05. The number of rotatable bonds is 9. The van der Waals surface area contributed by atoms with E-state index < -0.39 is 15.7 Å². The van der Waals surface area contributed by atoms with Crippen LogP contribution in [0.3, 0.4) is 0 Å². The van der Waals surface area contributed by atoms with E-state index >= 15 is 0 Å². The van der Waals surface area contributed by atoms with Crippen molar-refractivity contribution in [1.82, 2.24) is 25.3 Å². The van der Waals surface area contributed by atoms with Gasteiger partial charge in [-0.2, -0.15) is 0 Å². The number of ether oxygens (including phenoxy) is 1. The van der Waals surface area contributed by atoms with Gasteiger partial charge >= 0.3 is 0 Å². The van der Waals surface area contributed by atoms with E-state index in [0.29, 0.717) is 5.69 Å². The van der Waals surface area contributed by atoms with Crippen LogP contribution in [0, 0.1) is 5.92 Å². The lowest BCUT2D eigenvalue weighted by Crippen LogP contribution is -2.38. The molecule has 0 aromatic carbocycles. The molecule has 7 rings (SSSR count). The molecule has 200 valence electrons. The molecule has 39 heavy (non-hydrogen) atoms. The van der Waals surface area contributed by atoms with Gasteiger partial charge in [0, 0.05) is 36.8 Å². The van der Waals surface area contributed by atoms with Gasteiger partial charge in [0.2, 0.25) is 0 Å². The fourth-order valence-electron chi connectivity index (χ4n) is 5.21. The molecule has 0 atom stereocenters. The van der Waals surface area contributed by atoms with E-state index in [1.54, 1.807) is 6.20 Å². The number of sulfone groups is 1. The largest absolute Gasteiger partial charge is 0.375 e. The van der Waals surface area contributed by atoms with Gasteiger partial charge < -0.3 is 15.4 Å². The first-order valence-electron chi connectivity index (χ1n) is 12.8. The van der Waals surface area contributed by atoms with Gasteiger partial charge in [-0.05, 0) is 61.6 Å². The van der Waals surface area contributed by atoms with Crippen molar-refractivity contribution in [1.29, 1.82) is 0 Å². The Morgan fingerprint density at radius 3 is 2.72 bits per heavy atom. The smallest absolute Gasteiger partial charge is 0.253 e. The average Bonchev–Trinajstić information content (AvgIpc) is 3.52. The van der Waals surface area contributed by atoms with Crippen molar-refractivity contribution in [3.05, 3.63) is 72.3 Å². The molecule has 10 nitrogen and oxygen atoms in total. The minimum atomic E-state index is -3.47. The molecule has 1 amide bonds. The van der Waals surface area contributed by atoms with Crippen molar-refractivity contribution in [2.45, 2.75) is 36.3 Å². The van der Waals surface area contributed by atoms with Crippen LogP contribution in [0.15, 0.2) is 66.0 Å². The number of fused-ring (bicyclic) bond motifs is 2. The van der Waals surface area contributed by atoms with Crippen LogP contribution in [-0.2, 0) is 21.1 Å². The highest BCUT2D eigenvalue weighted by molar-refractivity contribution is 7.90. The number of hydrogen-bond donors (Lipinski definition) is 2. The Labute approximate surface area is 226 Å². The molecule has 2 bridgehead atoms. The molecule has 4 aromatic heterocycles. The second-order valence-electron chi connectivity index (χ2n) is 10.3. The SMILES string of the molecule is CS(=O)(=O)c1cncc(C(=O)NCc2cc3nc(-c4cccc(NCCC56CC(CO5)C6)n4)ccc3cn2)c1. The van der Waals surface area contributed by atoms with Gasteiger partial charge in [-0.25, -0.2) is 18.4 Å². The number of amides is 1. The Bertz CT molecular complexity index is 1660. The first-order chi connectivity index (χ1) is 18.8. The van der Waals surface area contributed by atoms with Crippen LogP contribution in [0.2, 0.25) is 0 Å². The first-order valence-corrected chi connectivity index (χ1v) is 14.7. The minimum Gasteiger partial charge on any atom is -0.375 e. The van der Waals surface area contributed by atoms with Crippen molar-refractivity contribution in [3.8, 4) is 11.4 Å². The molecule has 4 aromatic rings. The van der Waals surface area contributed by atoms with Crippen molar-refractivity contribution >= 4 is 32.5 Å². The van der Waals surface area contributed by atoms with E-state index in [4.69, 9.17) is 14.7 Å². The molecule has 0 radical (unpaired) electrons. The quantitative estimate of drug-likeness (QED) is 0.325. The Balaban J connectivity index is 1.13. The van der Waals surface area contributed by atoms with Crippen molar-refractivity contribution in [2.75, 3.05) is 24.7 Å². The second-order valence-corrected chi connectivity index (χ2v) is 12.3. The maximum Gasteiger partial charge on any atom is 0.253 e. The summed E-state index contributed by atoms with van der Waals surface area (Å²) in [6.45, 7) is 1.86. The summed E-state index contributed by atoms with van der Waals surface area (Å²) >= 11 is 0. The Morgan fingerprint density at radius 1 is 1.08 bits per heavy atom. The molecule has 1 saturated carbocycles. The Morgan fingerprint density at radius 2 is 1.92 bits per heavy atom. The van der Waals surface area contributed by atoms with Gasteiger partial charge in [-0.3, -0.25) is 14.8 Å². The topological polar surface area (TPSA) is 136 Å². The van der Waals surface area contributed by atoms with Crippen molar-refractivity contribution < 1.29 is 17.9 Å². The van der Waals surface area contributed by atoms with Crippen LogP contribution in [0.25, 0.3) is 22.3 Å². The zero-order chi connectivity index (χ0) is 27.0. The van der Waals surface area contributed by atoms with E-state index in [1.165, 1.54) is 31.3 Å². The zero-order valence-corrected chi connectivity index (χ0v) is 22.2. The number of nitrogens with one attached hydrogen (secondary N) is 2. The number of carbonyl (C=O) groups is 1. The maximum atomic E-state index is 12.6. The second kappa shape index (κ2) is 9.97. The Kier molecular flexibility index (Phi) is 6.48. The molecular weight excluding hydrogens is 516 g/mol. The molecule has 0 spiro atoms. The van der Waals surface area contributed by atoms with Crippen LogP contribution < -0.4 is 10.6 Å². The van der Waals surface area contributed by atoms with Crippen LogP contribution in [0.5, 0.6) is 0 Å². The van der Waals surface area contributed by atoms with E-state index in [9.17, 15) is 13.2 Å². The third kappa shape index (κ3) is 5.45. The zero-order valence-electron chi connectivity index (χ0n) is 21.4. The number of nitrogens with zero attached hydrogens (tertiary/aromatic N) is 4. The molecule has 2 aliphatic heterocycles. The number of hydrogen-bond acceptors (Lipinski definition) is 9. The number of aromatic nitrogens is 4.